The van der Waals surface area contributed by atoms with Crippen molar-refractivity contribution in [3.8, 4) is 0 Å². The van der Waals surface area contributed by atoms with Crippen LogP contribution < -0.4 is 10.2 Å². The lowest BCUT2D eigenvalue weighted by atomic mass is 9.90. The maximum Gasteiger partial charge on any atom is 0.223 e. The lowest BCUT2D eigenvalue weighted by Gasteiger charge is -2.33. The Morgan fingerprint density at radius 1 is 1.24 bits per heavy atom. The minimum absolute atomic E-state index is 0.108. The van der Waals surface area contributed by atoms with E-state index < -0.39 is 0 Å². The highest BCUT2D eigenvalue weighted by Gasteiger charge is 2.21. The maximum absolute atomic E-state index is 12.4. The Labute approximate surface area is 152 Å². The Balaban J connectivity index is 1.85. The van der Waals surface area contributed by atoms with Gasteiger partial charge < -0.3 is 15.3 Å². The summed E-state index contributed by atoms with van der Waals surface area (Å²) in [5, 5.41) is 12.3. The molecule has 2 N–H and O–H groups in total. The van der Waals surface area contributed by atoms with Gasteiger partial charge in [-0.1, -0.05) is 39.3 Å². The SMILES string of the molecule is CCCC(C(=O)NCc1ccc(N2CCC(CO)CC2)cc1)C(C)C. The highest BCUT2D eigenvalue weighted by molar-refractivity contribution is 5.78. The molecule has 1 heterocycles. The molecule has 1 aromatic carbocycles. The quantitative estimate of drug-likeness (QED) is 0.756. The molecule has 4 heteroatoms. The first kappa shape index (κ1) is 19.8. The third kappa shape index (κ3) is 5.74. The van der Waals surface area contributed by atoms with Gasteiger partial charge in [-0.3, -0.25) is 4.79 Å². The number of aliphatic hydroxyl groups excluding tert-OH is 1. The van der Waals surface area contributed by atoms with Crippen molar-refractivity contribution in [2.24, 2.45) is 17.8 Å². The number of aliphatic hydroxyl groups is 1. The molecule has 0 bridgehead atoms. The van der Waals surface area contributed by atoms with Gasteiger partial charge in [-0.2, -0.15) is 0 Å². The number of carbonyl (C=O) groups excluding carboxylic acids is 1. The second-order valence-electron chi connectivity index (χ2n) is 7.64. The Bertz CT molecular complexity index is 519. The molecule has 1 aliphatic rings. The summed E-state index contributed by atoms with van der Waals surface area (Å²) < 4.78 is 0. The van der Waals surface area contributed by atoms with E-state index in [1.54, 1.807) is 0 Å². The number of amides is 1. The Kier molecular flexibility index (Phi) is 7.76. The fourth-order valence-electron chi connectivity index (χ4n) is 3.60. The minimum Gasteiger partial charge on any atom is -0.396 e. The van der Waals surface area contributed by atoms with Crippen LogP contribution in [-0.2, 0) is 11.3 Å². The summed E-state index contributed by atoms with van der Waals surface area (Å²) in [4.78, 5) is 14.8. The van der Waals surface area contributed by atoms with Crippen molar-refractivity contribution in [1.29, 1.82) is 0 Å². The van der Waals surface area contributed by atoms with Crippen LogP contribution >= 0.6 is 0 Å². The molecule has 0 aromatic heterocycles. The summed E-state index contributed by atoms with van der Waals surface area (Å²) in [6.45, 7) is 9.29. The number of nitrogens with one attached hydrogen (secondary N) is 1. The molecule has 0 aliphatic carbocycles. The van der Waals surface area contributed by atoms with Crippen LogP contribution in [0, 0.1) is 17.8 Å². The second kappa shape index (κ2) is 9.81. The monoisotopic (exact) mass is 346 g/mol. The number of carbonyl (C=O) groups is 1. The molecule has 25 heavy (non-hydrogen) atoms. The average Bonchev–Trinajstić information content (AvgIpc) is 2.64. The third-order valence-electron chi connectivity index (χ3n) is 5.38. The number of benzene rings is 1. The molecule has 1 atom stereocenters. The number of hydrogen-bond acceptors (Lipinski definition) is 3. The van der Waals surface area contributed by atoms with Crippen molar-refractivity contribution < 1.29 is 9.90 Å². The van der Waals surface area contributed by atoms with E-state index in [4.69, 9.17) is 0 Å². The van der Waals surface area contributed by atoms with Gasteiger partial charge in [0.25, 0.3) is 0 Å². The van der Waals surface area contributed by atoms with Crippen LogP contribution in [0.5, 0.6) is 0 Å². The number of hydrogen-bond donors (Lipinski definition) is 2. The summed E-state index contributed by atoms with van der Waals surface area (Å²) in [6.07, 6.45) is 4.11. The van der Waals surface area contributed by atoms with E-state index in [0.29, 0.717) is 25.0 Å². The molecular formula is C21H34N2O2. The van der Waals surface area contributed by atoms with Crippen LogP contribution in [-0.4, -0.2) is 30.7 Å². The maximum atomic E-state index is 12.4. The molecule has 2 rings (SSSR count). The lowest BCUT2D eigenvalue weighted by molar-refractivity contribution is -0.126. The summed E-state index contributed by atoms with van der Waals surface area (Å²) in [7, 11) is 0. The van der Waals surface area contributed by atoms with E-state index in [1.807, 2.05) is 0 Å². The van der Waals surface area contributed by atoms with Gasteiger partial charge >= 0.3 is 0 Å². The van der Waals surface area contributed by atoms with Gasteiger partial charge in [0.1, 0.15) is 0 Å². The molecule has 1 fully saturated rings. The molecule has 1 saturated heterocycles. The van der Waals surface area contributed by atoms with Gasteiger partial charge in [-0.25, -0.2) is 0 Å². The molecule has 140 valence electrons. The first-order valence-electron chi connectivity index (χ1n) is 9.77. The van der Waals surface area contributed by atoms with Gasteiger partial charge in [-0.05, 0) is 48.8 Å². The highest BCUT2D eigenvalue weighted by atomic mass is 16.3. The topological polar surface area (TPSA) is 52.6 Å². The molecule has 0 saturated carbocycles. The molecule has 1 aromatic rings. The summed E-state index contributed by atoms with van der Waals surface area (Å²) in [5.74, 6) is 1.12. The predicted octanol–water partition coefficient (Wildman–Crippen LogP) is 3.58. The summed E-state index contributed by atoms with van der Waals surface area (Å²) in [6, 6.07) is 8.51. The van der Waals surface area contributed by atoms with Gasteiger partial charge in [0.05, 0.1) is 0 Å². The number of rotatable bonds is 8. The van der Waals surface area contributed by atoms with Crippen LogP contribution in [0.1, 0.15) is 52.0 Å². The number of nitrogens with zero attached hydrogens (tertiary/aromatic N) is 1. The molecule has 4 nitrogen and oxygen atoms in total. The fraction of sp³-hybridized carbons (Fsp3) is 0.667. The van der Waals surface area contributed by atoms with E-state index in [-0.39, 0.29) is 11.8 Å². The molecule has 1 aliphatic heterocycles. The first-order valence-corrected chi connectivity index (χ1v) is 9.77. The highest BCUT2D eigenvalue weighted by Crippen LogP contribution is 2.23. The smallest absolute Gasteiger partial charge is 0.223 e. The van der Waals surface area contributed by atoms with E-state index in [9.17, 15) is 9.90 Å². The lowest BCUT2D eigenvalue weighted by Crippen LogP contribution is -2.34. The van der Waals surface area contributed by atoms with Gasteiger partial charge in [0.15, 0.2) is 0 Å². The Morgan fingerprint density at radius 3 is 2.40 bits per heavy atom. The average molecular weight is 347 g/mol. The van der Waals surface area contributed by atoms with Crippen molar-refractivity contribution in [3.05, 3.63) is 29.8 Å². The van der Waals surface area contributed by atoms with Crippen molar-refractivity contribution in [3.63, 3.8) is 0 Å². The van der Waals surface area contributed by atoms with E-state index >= 15 is 0 Å². The second-order valence-corrected chi connectivity index (χ2v) is 7.64. The van der Waals surface area contributed by atoms with Crippen molar-refractivity contribution >= 4 is 11.6 Å². The number of piperidine rings is 1. The Morgan fingerprint density at radius 2 is 1.88 bits per heavy atom. The van der Waals surface area contributed by atoms with Crippen molar-refractivity contribution in [2.75, 3.05) is 24.6 Å². The molecule has 0 spiro atoms. The van der Waals surface area contributed by atoms with Crippen molar-refractivity contribution in [2.45, 2.75) is 53.0 Å². The van der Waals surface area contributed by atoms with E-state index in [1.165, 1.54) is 5.69 Å². The molecule has 1 unspecified atom stereocenters. The molecular weight excluding hydrogens is 312 g/mol. The van der Waals surface area contributed by atoms with Crippen LogP contribution in [0.4, 0.5) is 5.69 Å². The van der Waals surface area contributed by atoms with E-state index in [0.717, 1.165) is 44.3 Å². The van der Waals surface area contributed by atoms with Gasteiger partial charge in [0, 0.05) is 37.8 Å². The predicted molar refractivity (Wildman–Crippen MR) is 104 cm³/mol. The van der Waals surface area contributed by atoms with E-state index in [2.05, 4.69) is 55.3 Å². The Hall–Kier alpha value is -1.55. The largest absolute Gasteiger partial charge is 0.396 e. The minimum atomic E-state index is 0.108. The van der Waals surface area contributed by atoms with Crippen LogP contribution in [0.25, 0.3) is 0 Å². The summed E-state index contributed by atoms with van der Waals surface area (Å²) >= 11 is 0. The zero-order valence-electron chi connectivity index (χ0n) is 16.0. The fourth-order valence-corrected chi connectivity index (χ4v) is 3.60. The zero-order valence-corrected chi connectivity index (χ0v) is 16.0. The van der Waals surface area contributed by atoms with Crippen LogP contribution in [0.15, 0.2) is 24.3 Å². The molecule has 0 radical (unpaired) electrons. The standard InChI is InChI=1S/C21H34N2O2/c1-4-5-20(16(2)3)21(25)22-14-17-6-8-19(9-7-17)23-12-10-18(15-24)11-13-23/h6-9,16,18,20,24H,4-5,10-15H2,1-3H3,(H,22,25). The normalized spacial score (nSPS) is 16.9. The van der Waals surface area contributed by atoms with Crippen LogP contribution in [0.2, 0.25) is 0 Å². The number of anilines is 1. The van der Waals surface area contributed by atoms with Gasteiger partial charge in [0.2, 0.25) is 5.91 Å². The summed E-state index contributed by atoms with van der Waals surface area (Å²) in [5.41, 5.74) is 2.37. The third-order valence-corrected chi connectivity index (χ3v) is 5.38. The van der Waals surface area contributed by atoms with Gasteiger partial charge in [-0.15, -0.1) is 0 Å². The van der Waals surface area contributed by atoms with Crippen molar-refractivity contribution in [1.82, 2.24) is 5.32 Å². The van der Waals surface area contributed by atoms with Crippen LogP contribution in [0.3, 0.4) is 0 Å². The first-order chi connectivity index (χ1) is 12.0. The molecule has 1 amide bonds. The zero-order chi connectivity index (χ0) is 18.2.